The van der Waals surface area contributed by atoms with Gasteiger partial charge in [-0.05, 0) is 25.4 Å². The Bertz CT molecular complexity index is 217. The quantitative estimate of drug-likeness (QED) is 0.697. The fourth-order valence-electron chi connectivity index (χ4n) is 3.08. The first kappa shape index (κ1) is 16.9. The Labute approximate surface area is 120 Å². The predicted molar refractivity (Wildman–Crippen MR) is 82.6 cm³/mol. The van der Waals surface area contributed by atoms with E-state index in [2.05, 4.69) is 37.9 Å². The highest BCUT2D eigenvalue weighted by Gasteiger charge is 2.26. The first-order valence-corrected chi connectivity index (χ1v) is 8.28. The van der Waals surface area contributed by atoms with Gasteiger partial charge in [0.1, 0.15) is 0 Å². The minimum atomic E-state index is 0.648. The maximum absolute atomic E-state index is 5.70. The molecule has 1 fully saturated rings. The second-order valence-corrected chi connectivity index (χ2v) is 5.82. The molecule has 0 aliphatic carbocycles. The molecule has 0 bridgehead atoms. The molecule has 1 rings (SSSR count). The van der Waals surface area contributed by atoms with Crippen molar-refractivity contribution in [3.05, 3.63) is 0 Å². The van der Waals surface area contributed by atoms with Gasteiger partial charge in [-0.1, -0.05) is 40.5 Å². The summed E-state index contributed by atoms with van der Waals surface area (Å²) < 4.78 is 5.70. The summed E-state index contributed by atoms with van der Waals surface area (Å²) in [5.74, 6) is 1.50. The molecule has 1 aliphatic rings. The molecule has 2 unspecified atom stereocenters. The highest BCUT2D eigenvalue weighted by Crippen LogP contribution is 2.18. The van der Waals surface area contributed by atoms with Crippen LogP contribution in [0.5, 0.6) is 0 Å². The summed E-state index contributed by atoms with van der Waals surface area (Å²) >= 11 is 0. The average Bonchev–Trinajstić information content (AvgIpc) is 2.45. The molecule has 2 atom stereocenters. The lowest BCUT2D eigenvalue weighted by molar-refractivity contribution is 0.0154. The van der Waals surface area contributed by atoms with Gasteiger partial charge in [-0.2, -0.15) is 0 Å². The number of nitrogens with zero attached hydrogens (tertiary/aromatic N) is 1. The van der Waals surface area contributed by atoms with Crippen LogP contribution >= 0.6 is 0 Å². The van der Waals surface area contributed by atoms with Crippen molar-refractivity contribution in [2.24, 2.45) is 11.8 Å². The van der Waals surface area contributed by atoms with E-state index in [0.29, 0.717) is 12.0 Å². The van der Waals surface area contributed by atoms with E-state index in [1.165, 1.54) is 32.4 Å². The summed E-state index contributed by atoms with van der Waals surface area (Å²) in [6, 6.07) is 0.648. The van der Waals surface area contributed by atoms with Gasteiger partial charge in [0.05, 0.1) is 6.61 Å². The van der Waals surface area contributed by atoms with Crippen molar-refractivity contribution in [1.29, 1.82) is 0 Å². The van der Waals surface area contributed by atoms with Crippen LogP contribution in [0.3, 0.4) is 0 Å². The van der Waals surface area contributed by atoms with Gasteiger partial charge in [-0.25, -0.2) is 0 Å². The second kappa shape index (κ2) is 9.73. The first-order valence-electron chi connectivity index (χ1n) is 8.28. The maximum Gasteiger partial charge on any atom is 0.0521 e. The number of hydrogen-bond acceptors (Lipinski definition) is 3. The zero-order valence-electron chi connectivity index (χ0n) is 13.5. The van der Waals surface area contributed by atoms with Gasteiger partial charge in [0, 0.05) is 31.7 Å². The van der Waals surface area contributed by atoms with Gasteiger partial charge < -0.3 is 15.0 Å². The normalized spacial score (nSPS) is 24.3. The molecule has 0 aromatic heterocycles. The van der Waals surface area contributed by atoms with E-state index in [4.69, 9.17) is 4.74 Å². The summed E-state index contributed by atoms with van der Waals surface area (Å²) in [4.78, 5) is 2.63. The van der Waals surface area contributed by atoms with E-state index in [0.717, 1.165) is 32.2 Å². The van der Waals surface area contributed by atoms with Crippen molar-refractivity contribution >= 4 is 0 Å². The van der Waals surface area contributed by atoms with Gasteiger partial charge in [-0.3, -0.25) is 0 Å². The largest absolute Gasteiger partial charge is 0.381 e. The summed E-state index contributed by atoms with van der Waals surface area (Å²) in [6.45, 7) is 15.6. The van der Waals surface area contributed by atoms with Crippen molar-refractivity contribution in [2.45, 2.75) is 53.0 Å². The molecule has 19 heavy (non-hydrogen) atoms. The number of rotatable bonds is 9. The fraction of sp³-hybridized carbons (Fsp3) is 1.00. The minimum absolute atomic E-state index is 0.648. The molecule has 0 aromatic rings. The molecule has 0 radical (unpaired) electrons. The Morgan fingerprint density at radius 3 is 2.53 bits per heavy atom. The van der Waals surface area contributed by atoms with Crippen LogP contribution in [0.2, 0.25) is 0 Å². The molecule has 114 valence electrons. The topological polar surface area (TPSA) is 24.5 Å². The summed E-state index contributed by atoms with van der Waals surface area (Å²) in [6.07, 6.45) is 3.76. The molecule has 0 saturated carbocycles. The monoisotopic (exact) mass is 270 g/mol. The third-order valence-electron chi connectivity index (χ3n) is 4.55. The van der Waals surface area contributed by atoms with Crippen LogP contribution in [0.15, 0.2) is 0 Å². The van der Waals surface area contributed by atoms with Crippen molar-refractivity contribution in [2.75, 3.05) is 39.4 Å². The van der Waals surface area contributed by atoms with Gasteiger partial charge >= 0.3 is 0 Å². The van der Waals surface area contributed by atoms with Crippen molar-refractivity contribution in [3.8, 4) is 0 Å². The number of ether oxygens (including phenoxy) is 1. The van der Waals surface area contributed by atoms with Gasteiger partial charge in [0.2, 0.25) is 0 Å². The van der Waals surface area contributed by atoms with Crippen LogP contribution < -0.4 is 5.32 Å². The lowest BCUT2D eigenvalue weighted by Gasteiger charge is -2.36. The van der Waals surface area contributed by atoms with E-state index in [1.54, 1.807) is 0 Å². The van der Waals surface area contributed by atoms with Crippen LogP contribution in [-0.4, -0.2) is 50.3 Å². The van der Waals surface area contributed by atoms with Crippen LogP contribution in [0.4, 0.5) is 0 Å². The van der Waals surface area contributed by atoms with Crippen molar-refractivity contribution in [3.63, 3.8) is 0 Å². The van der Waals surface area contributed by atoms with Gasteiger partial charge in [0.25, 0.3) is 0 Å². The molecule has 1 heterocycles. The van der Waals surface area contributed by atoms with Gasteiger partial charge in [-0.15, -0.1) is 0 Å². The summed E-state index contributed by atoms with van der Waals surface area (Å²) in [7, 11) is 0. The Balaban J connectivity index is 2.47. The van der Waals surface area contributed by atoms with Crippen LogP contribution in [0.1, 0.15) is 47.0 Å². The standard InChI is InChI=1S/C16H34N2O/c1-5-14(6-2)11-18(8-4)12-15-13-19-10-9-16(15)17-7-3/h14-17H,5-13H2,1-4H3. The lowest BCUT2D eigenvalue weighted by atomic mass is 9.94. The first-order chi connectivity index (χ1) is 9.24. The molecular formula is C16H34N2O. The Morgan fingerprint density at radius 2 is 1.95 bits per heavy atom. The summed E-state index contributed by atoms with van der Waals surface area (Å²) in [5.41, 5.74) is 0. The lowest BCUT2D eigenvalue weighted by Crippen LogP contribution is -2.48. The SMILES string of the molecule is CCNC1CCOCC1CN(CC)CC(CC)CC. The van der Waals surface area contributed by atoms with E-state index in [-0.39, 0.29) is 0 Å². The fourth-order valence-corrected chi connectivity index (χ4v) is 3.08. The summed E-state index contributed by atoms with van der Waals surface area (Å²) in [5, 5.41) is 3.64. The molecule has 0 aromatic carbocycles. The van der Waals surface area contributed by atoms with E-state index in [9.17, 15) is 0 Å². The zero-order valence-corrected chi connectivity index (χ0v) is 13.5. The molecule has 0 spiro atoms. The molecule has 3 heteroatoms. The Kier molecular flexibility index (Phi) is 8.67. The number of hydrogen-bond donors (Lipinski definition) is 1. The minimum Gasteiger partial charge on any atom is -0.381 e. The third-order valence-corrected chi connectivity index (χ3v) is 4.55. The smallest absolute Gasteiger partial charge is 0.0521 e. The molecular weight excluding hydrogens is 236 g/mol. The third kappa shape index (κ3) is 5.80. The highest BCUT2D eigenvalue weighted by molar-refractivity contribution is 4.82. The maximum atomic E-state index is 5.70. The Hall–Kier alpha value is -0.120. The van der Waals surface area contributed by atoms with Gasteiger partial charge in [0.15, 0.2) is 0 Å². The van der Waals surface area contributed by atoms with Crippen LogP contribution in [0.25, 0.3) is 0 Å². The number of nitrogens with one attached hydrogen (secondary N) is 1. The second-order valence-electron chi connectivity index (χ2n) is 5.82. The van der Waals surface area contributed by atoms with E-state index in [1.807, 2.05) is 0 Å². The molecule has 0 amide bonds. The molecule has 1 aliphatic heterocycles. The van der Waals surface area contributed by atoms with Crippen molar-refractivity contribution in [1.82, 2.24) is 10.2 Å². The molecule has 1 N–H and O–H groups in total. The molecule has 1 saturated heterocycles. The predicted octanol–water partition coefficient (Wildman–Crippen LogP) is 2.76. The Morgan fingerprint density at radius 1 is 1.21 bits per heavy atom. The van der Waals surface area contributed by atoms with Crippen LogP contribution in [-0.2, 0) is 4.74 Å². The van der Waals surface area contributed by atoms with Crippen molar-refractivity contribution < 1.29 is 4.74 Å². The van der Waals surface area contributed by atoms with E-state index >= 15 is 0 Å². The average molecular weight is 270 g/mol. The van der Waals surface area contributed by atoms with Crippen LogP contribution in [0, 0.1) is 11.8 Å². The zero-order chi connectivity index (χ0) is 14.1. The highest BCUT2D eigenvalue weighted by atomic mass is 16.5. The van der Waals surface area contributed by atoms with E-state index < -0.39 is 0 Å². The molecule has 3 nitrogen and oxygen atoms in total.